The lowest BCUT2D eigenvalue weighted by Crippen LogP contribution is -2.05. The van der Waals surface area contributed by atoms with Gasteiger partial charge in [0.25, 0.3) is 0 Å². The molecule has 0 bridgehead atoms. The summed E-state index contributed by atoms with van der Waals surface area (Å²) in [5.74, 6) is 3.36. The highest BCUT2D eigenvalue weighted by molar-refractivity contribution is 7.98. The van der Waals surface area contributed by atoms with Crippen LogP contribution in [0.3, 0.4) is 0 Å². The van der Waals surface area contributed by atoms with Gasteiger partial charge < -0.3 is 18.8 Å². The molecule has 0 unspecified atom stereocenters. The van der Waals surface area contributed by atoms with Gasteiger partial charge in [-0.3, -0.25) is 0 Å². The van der Waals surface area contributed by atoms with Crippen LogP contribution in [0.5, 0.6) is 11.5 Å². The number of thiazole rings is 1. The van der Waals surface area contributed by atoms with Gasteiger partial charge in [0.1, 0.15) is 0 Å². The summed E-state index contributed by atoms with van der Waals surface area (Å²) in [6.07, 6.45) is 0.872. The Hall–Kier alpha value is -2.10. The molecule has 1 aromatic carbocycles. The zero-order chi connectivity index (χ0) is 21.5. The molecule has 30 heavy (non-hydrogen) atoms. The number of hydrogen-bond acceptors (Lipinski definition) is 8. The van der Waals surface area contributed by atoms with Crippen molar-refractivity contribution in [1.82, 2.24) is 19.7 Å². The van der Waals surface area contributed by atoms with Crippen molar-refractivity contribution in [3.8, 4) is 22.9 Å². The van der Waals surface area contributed by atoms with Crippen molar-refractivity contribution >= 4 is 23.1 Å². The summed E-state index contributed by atoms with van der Waals surface area (Å²) in [5, 5.41) is 13.1. The molecule has 3 aromatic rings. The molecule has 2 heterocycles. The molecule has 0 radical (unpaired) electrons. The minimum atomic E-state index is 0.447. The van der Waals surface area contributed by atoms with Gasteiger partial charge in [0.2, 0.25) is 0 Å². The number of thioether (sulfide) groups is 1. The summed E-state index contributed by atoms with van der Waals surface area (Å²) in [6, 6.07) is 5.79. The van der Waals surface area contributed by atoms with Gasteiger partial charge in [-0.25, -0.2) is 4.98 Å². The van der Waals surface area contributed by atoms with Crippen molar-refractivity contribution in [3.63, 3.8) is 0 Å². The Bertz CT molecular complexity index is 956. The smallest absolute Gasteiger partial charge is 0.191 e. The SMILES string of the molecule is COCCCn1c(SCc2csc(C(C)C)n2)nnc1-c1ccc(OC)c(OC)c1. The van der Waals surface area contributed by atoms with Gasteiger partial charge in [-0.2, -0.15) is 0 Å². The zero-order valence-electron chi connectivity index (χ0n) is 18.0. The Morgan fingerprint density at radius 3 is 2.57 bits per heavy atom. The third kappa shape index (κ3) is 5.33. The maximum Gasteiger partial charge on any atom is 0.191 e. The molecule has 9 heteroatoms. The maximum atomic E-state index is 5.46. The van der Waals surface area contributed by atoms with Crippen LogP contribution in [0.4, 0.5) is 0 Å². The first-order valence-electron chi connectivity index (χ1n) is 9.79. The summed E-state index contributed by atoms with van der Waals surface area (Å²) in [7, 11) is 4.97. The first kappa shape index (κ1) is 22.6. The molecule has 162 valence electrons. The van der Waals surface area contributed by atoms with E-state index in [1.807, 2.05) is 18.2 Å². The number of rotatable bonds is 11. The summed E-state index contributed by atoms with van der Waals surface area (Å²) >= 11 is 3.37. The molecule has 0 aliphatic heterocycles. The topological polar surface area (TPSA) is 71.3 Å². The first-order chi connectivity index (χ1) is 14.6. The van der Waals surface area contributed by atoms with E-state index in [0.717, 1.165) is 46.0 Å². The van der Waals surface area contributed by atoms with Gasteiger partial charge >= 0.3 is 0 Å². The molecule has 0 spiro atoms. The minimum Gasteiger partial charge on any atom is -0.493 e. The van der Waals surface area contributed by atoms with E-state index in [9.17, 15) is 0 Å². The highest BCUT2D eigenvalue weighted by atomic mass is 32.2. The second kappa shape index (κ2) is 10.8. The van der Waals surface area contributed by atoms with E-state index >= 15 is 0 Å². The Balaban J connectivity index is 1.85. The van der Waals surface area contributed by atoms with E-state index in [-0.39, 0.29) is 0 Å². The third-order valence-electron chi connectivity index (χ3n) is 4.50. The maximum absolute atomic E-state index is 5.46. The monoisotopic (exact) mass is 448 g/mol. The molecule has 2 aromatic heterocycles. The van der Waals surface area contributed by atoms with E-state index in [1.165, 1.54) is 0 Å². The molecule has 0 fully saturated rings. The van der Waals surface area contributed by atoms with Crippen molar-refractivity contribution in [2.24, 2.45) is 0 Å². The average molecular weight is 449 g/mol. The molecular formula is C21H28N4O3S2. The highest BCUT2D eigenvalue weighted by Crippen LogP contribution is 2.33. The zero-order valence-corrected chi connectivity index (χ0v) is 19.7. The second-order valence-corrected chi connectivity index (χ2v) is 8.83. The number of aromatic nitrogens is 4. The minimum absolute atomic E-state index is 0.447. The van der Waals surface area contributed by atoms with E-state index in [2.05, 4.69) is 34.0 Å². The van der Waals surface area contributed by atoms with Crippen LogP contribution in [-0.4, -0.2) is 47.7 Å². The van der Waals surface area contributed by atoms with Gasteiger partial charge in [-0.15, -0.1) is 21.5 Å². The summed E-state index contributed by atoms with van der Waals surface area (Å²) in [6.45, 7) is 5.77. The van der Waals surface area contributed by atoms with E-state index in [1.54, 1.807) is 44.4 Å². The Morgan fingerprint density at radius 1 is 1.10 bits per heavy atom. The molecule has 0 atom stereocenters. The lowest BCUT2D eigenvalue weighted by Gasteiger charge is -2.12. The number of nitrogens with zero attached hydrogens (tertiary/aromatic N) is 4. The lowest BCUT2D eigenvalue weighted by molar-refractivity contribution is 0.189. The molecule has 0 saturated heterocycles. The van der Waals surface area contributed by atoms with Crippen molar-refractivity contribution in [3.05, 3.63) is 34.3 Å². The lowest BCUT2D eigenvalue weighted by atomic mass is 10.2. The number of ether oxygens (including phenoxy) is 3. The fraction of sp³-hybridized carbons (Fsp3) is 0.476. The Kier molecular flexibility index (Phi) is 8.12. The van der Waals surface area contributed by atoms with Crippen molar-refractivity contribution in [1.29, 1.82) is 0 Å². The predicted octanol–water partition coefficient (Wildman–Crippen LogP) is 4.87. The molecule has 0 aliphatic carbocycles. The Labute approximate surface area is 185 Å². The van der Waals surface area contributed by atoms with Gasteiger partial charge in [0.05, 0.1) is 24.9 Å². The average Bonchev–Trinajstić information content (AvgIpc) is 3.39. The summed E-state index contributed by atoms with van der Waals surface area (Å²) in [4.78, 5) is 4.73. The fourth-order valence-corrected chi connectivity index (χ4v) is 4.74. The van der Waals surface area contributed by atoms with E-state index < -0.39 is 0 Å². The predicted molar refractivity (Wildman–Crippen MR) is 121 cm³/mol. The van der Waals surface area contributed by atoms with Gasteiger partial charge in [-0.05, 0) is 24.6 Å². The molecule has 3 rings (SSSR count). The van der Waals surface area contributed by atoms with E-state index in [4.69, 9.17) is 19.2 Å². The second-order valence-electron chi connectivity index (χ2n) is 6.99. The van der Waals surface area contributed by atoms with Crippen molar-refractivity contribution in [2.45, 2.75) is 43.6 Å². The highest BCUT2D eigenvalue weighted by Gasteiger charge is 2.17. The van der Waals surface area contributed by atoms with Gasteiger partial charge in [-0.1, -0.05) is 25.6 Å². The molecule has 0 saturated carbocycles. The van der Waals surface area contributed by atoms with Gasteiger partial charge in [0, 0.05) is 42.9 Å². The molecule has 0 aliphatic rings. The number of hydrogen-bond donors (Lipinski definition) is 0. The molecule has 0 amide bonds. The molecular weight excluding hydrogens is 420 g/mol. The van der Waals surface area contributed by atoms with Crippen LogP contribution in [0.1, 0.15) is 36.9 Å². The summed E-state index contributed by atoms with van der Waals surface area (Å²) < 4.78 is 18.2. The molecule has 7 nitrogen and oxygen atoms in total. The first-order valence-corrected chi connectivity index (χ1v) is 11.7. The van der Waals surface area contributed by atoms with Crippen LogP contribution >= 0.6 is 23.1 Å². The van der Waals surface area contributed by atoms with Crippen LogP contribution in [0.25, 0.3) is 11.4 Å². The normalized spacial score (nSPS) is 11.3. The van der Waals surface area contributed by atoms with Crippen LogP contribution in [0.15, 0.2) is 28.7 Å². The van der Waals surface area contributed by atoms with Crippen molar-refractivity contribution < 1.29 is 14.2 Å². The van der Waals surface area contributed by atoms with Crippen LogP contribution in [0, 0.1) is 0 Å². The Morgan fingerprint density at radius 2 is 1.90 bits per heavy atom. The van der Waals surface area contributed by atoms with E-state index in [0.29, 0.717) is 24.0 Å². The van der Waals surface area contributed by atoms with Crippen LogP contribution < -0.4 is 9.47 Å². The number of benzene rings is 1. The molecule has 0 N–H and O–H groups in total. The standard InChI is InChI=1S/C21H28N4O3S2/c1-14(2)20-22-16(12-29-20)13-30-21-24-23-19(25(21)9-6-10-26-3)15-7-8-17(27-4)18(11-15)28-5/h7-8,11-12,14H,6,9-10,13H2,1-5H3. The summed E-state index contributed by atoms with van der Waals surface area (Å²) in [5.41, 5.74) is 2.01. The van der Waals surface area contributed by atoms with Gasteiger partial charge in [0.15, 0.2) is 22.5 Å². The largest absolute Gasteiger partial charge is 0.493 e. The van der Waals surface area contributed by atoms with Crippen LogP contribution in [-0.2, 0) is 17.0 Å². The third-order valence-corrected chi connectivity index (χ3v) is 6.70. The quantitative estimate of drug-likeness (QED) is 0.306. The fourth-order valence-electron chi connectivity index (χ4n) is 2.95. The van der Waals surface area contributed by atoms with Crippen LogP contribution in [0.2, 0.25) is 0 Å². The number of methoxy groups -OCH3 is 3. The van der Waals surface area contributed by atoms with Crippen molar-refractivity contribution in [2.75, 3.05) is 27.9 Å².